The predicted octanol–water partition coefficient (Wildman–Crippen LogP) is 1.39. The van der Waals surface area contributed by atoms with Gasteiger partial charge in [0, 0.05) is 12.2 Å². The minimum atomic E-state index is -0.854. The molecule has 1 aliphatic rings. The lowest BCUT2D eigenvalue weighted by Gasteiger charge is -2.19. The molecule has 0 aliphatic carbocycles. The molecule has 4 nitrogen and oxygen atoms in total. The molecular formula is C13H17NO3. The monoisotopic (exact) mass is 235 g/mol. The van der Waals surface area contributed by atoms with E-state index in [0.717, 1.165) is 5.75 Å². The van der Waals surface area contributed by atoms with Crippen molar-refractivity contribution in [1.82, 2.24) is 0 Å². The number of carbonyl (C=O) groups excluding carboxylic acids is 1. The summed E-state index contributed by atoms with van der Waals surface area (Å²) >= 11 is 0. The van der Waals surface area contributed by atoms with Crippen molar-refractivity contribution in [2.75, 3.05) is 19.8 Å². The zero-order valence-electron chi connectivity index (χ0n) is 9.94. The Balaban J connectivity index is 2.14. The second-order valence-corrected chi connectivity index (χ2v) is 4.25. The van der Waals surface area contributed by atoms with Crippen LogP contribution in [0.5, 0.6) is 5.75 Å². The maximum atomic E-state index is 12.2. The molecule has 0 spiro atoms. The molecule has 0 bridgehead atoms. The largest absolute Gasteiger partial charge is 0.494 e. The summed E-state index contributed by atoms with van der Waals surface area (Å²) in [6.45, 7) is 3.39. The number of hydrogen-bond donors (Lipinski definition) is 1. The lowest BCUT2D eigenvalue weighted by Crippen LogP contribution is -2.48. The number of hydrogen-bond acceptors (Lipinski definition) is 4. The first-order valence-electron chi connectivity index (χ1n) is 5.80. The van der Waals surface area contributed by atoms with E-state index in [2.05, 4.69) is 0 Å². The van der Waals surface area contributed by atoms with Crippen LogP contribution in [0.3, 0.4) is 0 Å². The topological polar surface area (TPSA) is 61.5 Å². The Bertz CT molecular complexity index is 394. The highest BCUT2D eigenvalue weighted by Gasteiger charge is 2.38. The molecule has 2 rings (SSSR count). The van der Waals surface area contributed by atoms with Crippen LogP contribution in [-0.2, 0) is 4.74 Å². The third-order valence-electron chi connectivity index (χ3n) is 2.93. The fourth-order valence-corrected chi connectivity index (χ4v) is 1.92. The first-order valence-corrected chi connectivity index (χ1v) is 5.80. The van der Waals surface area contributed by atoms with Gasteiger partial charge in [0.25, 0.3) is 0 Å². The molecule has 4 heteroatoms. The van der Waals surface area contributed by atoms with Crippen LogP contribution in [0.15, 0.2) is 24.3 Å². The van der Waals surface area contributed by atoms with Gasteiger partial charge in [-0.05, 0) is 37.6 Å². The Hall–Kier alpha value is -1.39. The predicted molar refractivity (Wildman–Crippen MR) is 64.3 cm³/mol. The van der Waals surface area contributed by atoms with E-state index in [-0.39, 0.29) is 5.78 Å². The summed E-state index contributed by atoms with van der Waals surface area (Å²) in [6, 6.07) is 7.08. The van der Waals surface area contributed by atoms with E-state index >= 15 is 0 Å². The third kappa shape index (κ3) is 2.48. The van der Waals surface area contributed by atoms with E-state index in [4.69, 9.17) is 15.2 Å². The van der Waals surface area contributed by atoms with Crippen molar-refractivity contribution < 1.29 is 14.3 Å². The molecule has 1 fully saturated rings. The molecule has 1 saturated heterocycles. The van der Waals surface area contributed by atoms with E-state index in [9.17, 15) is 4.79 Å². The first-order chi connectivity index (χ1) is 8.15. The smallest absolute Gasteiger partial charge is 0.185 e. The van der Waals surface area contributed by atoms with Crippen molar-refractivity contribution in [3.8, 4) is 5.75 Å². The van der Waals surface area contributed by atoms with Crippen LogP contribution in [0.2, 0.25) is 0 Å². The van der Waals surface area contributed by atoms with Crippen molar-refractivity contribution in [1.29, 1.82) is 0 Å². The molecule has 1 aromatic rings. The zero-order chi connectivity index (χ0) is 12.3. The molecule has 0 radical (unpaired) electrons. The number of carbonyl (C=O) groups is 1. The molecule has 17 heavy (non-hydrogen) atoms. The van der Waals surface area contributed by atoms with E-state index in [1.54, 1.807) is 24.3 Å². The summed E-state index contributed by atoms with van der Waals surface area (Å²) < 4.78 is 10.5. The van der Waals surface area contributed by atoms with Gasteiger partial charge >= 0.3 is 0 Å². The normalized spacial score (nSPS) is 23.6. The molecule has 0 amide bonds. The van der Waals surface area contributed by atoms with E-state index in [1.165, 1.54) is 0 Å². The van der Waals surface area contributed by atoms with E-state index < -0.39 is 5.54 Å². The van der Waals surface area contributed by atoms with Crippen LogP contribution in [0, 0.1) is 0 Å². The number of Topliss-reactive ketones (excluding diaryl/α,β-unsaturated/α-hetero) is 1. The standard InChI is InChI=1S/C13H17NO3/c1-2-17-11-5-3-10(4-6-11)12(15)13(14)7-8-16-9-13/h3-6H,2,7-9,14H2,1H3. The average molecular weight is 235 g/mol. The van der Waals surface area contributed by atoms with Crippen molar-refractivity contribution in [2.24, 2.45) is 5.73 Å². The van der Waals surface area contributed by atoms with Crippen LogP contribution >= 0.6 is 0 Å². The maximum Gasteiger partial charge on any atom is 0.185 e. The first kappa shape index (κ1) is 12.1. The highest BCUT2D eigenvalue weighted by atomic mass is 16.5. The molecule has 1 atom stereocenters. The van der Waals surface area contributed by atoms with Gasteiger partial charge in [-0.15, -0.1) is 0 Å². The fourth-order valence-electron chi connectivity index (χ4n) is 1.92. The van der Waals surface area contributed by atoms with Gasteiger partial charge in [0.05, 0.1) is 13.2 Å². The number of ether oxygens (including phenoxy) is 2. The van der Waals surface area contributed by atoms with Crippen molar-refractivity contribution in [3.63, 3.8) is 0 Å². The van der Waals surface area contributed by atoms with Gasteiger partial charge in [0.1, 0.15) is 11.3 Å². The van der Waals surface area contributed by atoms with Crippen LogP contribution in [0.25, 0.3) is 0 Å². The van der Waals surface area contributed by atoms with Crippen LogP contribution in [-0.4, -0.2) is 31.1 Å². The summed E-state index contributed by atoms with van der Waals surface area (Å²) in [7, 11) is 0. The molecule has 92 valence electrons. The Morgan fingerprint density at radius 2 is 2.18 bits per heavy atom. The van der Waals surface area contributed by atoms with Gasteiger partial charge in [-0.1, -0.05) is 0 Å². The van der Waals surface area contributed by atoms with Gasteiger partial charge in [-0.25, -0.2) is 0 Å². The summed E-state index contributed by atoms with van der Waals surface area (Å²) in [5.74, 6) is 0.704. The average Bonchev–Trinajstić information content (AvgIpc) is 2.78. The molecule has 0 aromatic heterocycles. The van der Waals surface area contributed by atoms with Crippen molar-refractivity contribution >= 4 is 5.78 Å². The second kappa shape index (κ2) is 4.85. The molecule has 1 unspecified atom stereocenters. The lowest BCUT2D eigenvalue weighted by atomic mass is 9.90. The molecule has 2 N–H and O–H groups in total. The number of nitrogens with two attached hydrogens (primary N) is 1. The van der Waals surface area contributed by atoms with E-state index in [0.29, 0.717) is 31.8 Å². The fraction of sp³-hybridized carbons (Fsp3) is 0.462. The highest BCUT2D eigenvalue weighted by molar-refractivity contribution is 6.03. The Kier molecular flexibility index (Phi) is 3.45. The van der Waals surface area contributed by atoms with Crippen LogP contribution < -0.4 is 10.5 Å². The van der Waals surface area contributed by atoms with Crippen molar-refractivity contribution in [2.45, 2.75) is 18.9 Å². The summed E-state index contributed by atoms with van der Waals surface area (Å²) in [4.78, 5) is 12.2. The van der Waals surface area contributed by atoms with Crippen LogP contribution in [0.1, 0.15) is 23.7 Å². The van der Waals surface area contributed by atoms with Gasteiger partial charge < -0.3 is 15.2 Å². The second-order valence-electron chi connectivity index (χ2n) is 4.25. The maximum absolute atomic E-state index is 12.2. The van der Waals surface area contributed by atoms with Gasteiger partial charge in [0.2, 0.25) is 0 Å². The molecule has 1 aromatic carbocycles. The zero-order valence-corrected chi connectivity index (χ0v) is 9.94. The quantitative estimate of drug-likeness (QED) is 0.801. The minimum Gasteiger partial charge on any atom is -0.494 e. The number of rotatable bonds is 4. The van der Waals surface area contributed by atoms with Gasteiger partial charge in [-0.2, -0.15) is 0 Å². The Morgan fingerprint density at radius 1 is 1.47 bits per heavy atom. The van der Waals surface area contributed by atoms with E-state index in [1.807, 2.05) is 6.92 Å². The van der Waals surface area contributed by atoms with Gasteiger partial charge in [0.15, 0.2) is 5.78 Å². The molecule has 0 saturated carbocycles. The molecular weight excluding hydrogens is 218 g/mol. The SMILES string of the molecule is CCOc1ccc(C(=O)C2(N)CCOC2)cc1. The van der Waals surface area contributed by atoms with Crippen LogP contribution in [0.4, 0.5) is 0 Å². The summed E-state index contributed by atoms with van der Waals surface area (Å²) in [5.41, 5.74) is 5.78. The molecule has 1 heterocycles. The Labute approximate surface area is 101 Å². The summed E-state index contributed by atoms with van der Waals surface area (Å²) in [6.07, 6.45) is 0.582. The molecule has 1 aliphatic heterocycles. The minimum absolute atomic E-state index is 0.0574. The number of benzene rings is 1. The third-order valence-corrected chi connectivity index (χ3v) is 2.93. The summed E-state index contributed by atoms with van der Waals surface area (Å²) in [5, 5.41) is 0. The van der Waals surface area contributed by atoms with Gasteiger partial charge in [-0.3, -0.25) is 4.79 Å². The lowest BCUT2D eigenvalue weighted by molar-refractivity contribution is 0.0863. The Morgan fingerprint density at radius 3 is 2.71 bits per heavy atom. The van der Waals surface area contributed by atoms with Crippen molar-refractivity contribution in [3.05, 3.63) is 29.8 Å². The number of ketones is 1. The highest BCUT2D eigenvalue weighted by Crippen LogP contribution is 2.22.